The molecule has 0 aliphatic heterocycles. The molecule has 0 fully saturated rings. The number of sulfonamides is 1. The van der Waals surface area contributed by atoms with E-state index >= 15 is 0 Å². The van der Waals surface area contributed by atoms with Crippen LogP contribution in [0.2, 0.25) is 0 Å². The molecule has 0 radical (unpaired) electrons. The molecule has 112 valence electrons. The number of nitrogens with two attached hydrogens (primary N) is 1. The summed E-state index contributed by atoms with van der Waals surface area (Å²) in [5.41, 5.74) is -0.864. The normalized spacial score (nSPS) is 12.1. The molecule has 0 atom stereocenters. The molecule has 20 heavy (non-hydrogen) atoms. The van der Waals surface area contributed by atoms with Gasteiger partial charge in [-0.3, -0.25) is 4.79 Å². The maximum absolute atomic E-state index is 12.0. The second-order valence-corrected chi connectivity index (χ2v) is 6.14. The summed E-state index contributed by atoms with van der Waals surface area (Å²) in [5.74, 6) is -0.123. The van der Waals surface area contributed by atoms with Gasteiger partial charge in [0, 0.05) is 7.11 Å². The Labute approximate surface area is 118 Å². The molecule has 0 aliphatic carbocycles. The van der Waals surface area contributed by atoms with Gasteiger partial charge in [0.15, 0.2) is 0 Å². The zero-order valence-electron chi connectivity index (χ0n) is 11.8. The molecule has 0 unspecified atom stereocenters. The zero-order valence-corrected chi connectivity index (χ0v) is 12.6. The summed E-state index contributed by atoms with van der Waals surface area (Å²) in [6.45, 7) is 3.16. The highest BCUT2D eigenvalue weighted by atomic mass is 32.2. The first-order valence-electron chi connectivity index (χ1n) is 5.69. The van der Waals surface area contributed by atoms with E-state index in [4.69, 9.17) is 14.6 Å². The van der Waals surface area contributed by atoms with Gasteiger partial charge in [0.1, 0.15) is 11.4 Å². The van der Waals surface area contributed by atoms with Gasteiger partial charge < -0.3 is 14.8 Å². The minimum atomic E-state index is -3.87. The lowest BCUT2D eigenvalue weighted by Crippen LogP contribution is -2.38. The van der Waals surface area contributed by atoms with Crippen LogP contribution in [0.25, 0.3) is 0 Å². The second-order valence-electron chi connectivity index (χ2n) is 4.58. The number of hydrogen-bond acceptors (Lipinski definition) is 5. The van der Waals surface area contributed by atoms with Crippen molar-refractivity contribution in [3.8, 4) is 5.75 Å². The van der Waals surface area contributed by atoms with E-state index in [1.165, 1.54) is 32.4 Å². The molecular weight excluding hydrogens is 284 g/mol. The van der Waals surface area contributed by atoms with E-state index < -0.39 is 21.5 Å². The summed E-state index contributed by atoms with van der Waals surface area (Å²) in [7, 11) is -1.06. The molecule has 7 nitrogen and oxygen atoms in total. The summed E-state index contributed by atoms with van der Waals surface area (Å²) in [4.78, 5) is 11.9. The standard InChI is InChI=1S/C12H18N2O5S/c1-12(2,19-4)11(15)14-9-7-8(20(13,16)17)5-6-10(9)18-3/h5-7H,1-4H3,(H,14,15)(H2,13,16,17). The van der Waals surface area contributed by atoms with Gasteiger partial charge in [-0.15, -0.1) is 0 Å². The minimum absolute atomic E-state index is 0.121. The van der Waals surface area contributed by atoms with E-state index in [-0.39, 0.29) is 10.6 Å². The molecule has 1 amide bonds. The monoisotopic (exact) mass is 302 g/mol. The van der Waals surface area contributed by atoms with Gasteiger partial charge in [-0.1, -0.05) is 0 Å². The van der Waals surface area contributed by atoms with Crippen LogP contribution in [-0.2, 0) is 19.6 Å². The van der Waals surface area contributed by atoms with Crippen LogP contribution in [0.15, 0.2) is 23.1 Å². The Balaban J connectivity index is 3.19. The number of benzene rings is 1. The van der Waals surface area contributed by atoms with E-state index in [1.54, 1.807) is 13.8 Å². The van der Waals surface area contributed by atoms with E-state index in [1.807, 2.05) is 0 Å². The fraction of sp³-hybridized carbons (Fsp3) is 0.417. The lowest BCUT2D eigenvalue weighted by atomic mass is 10.1. The van der Waals surface area contributed by atoms with Gasteiger partial charge in [-0.05, 0) is 32.0 Å². The van der Waals surface area contributed by atoms with Gasteiger partial charge in [0.25, 0.3) is 5.91 Å². The Morgan fingerprint density at radius 1 is 1.30 bits per heavy atom. The highest BCUT2D eigenvalue weighted by Crippen LogP contribution is 2.28. The molecule has 8 heteroatoms. The van der Waals surface area contributed by atoms with Crippen LogP contribution >= 0.6 is 0 Å². The summed E-state index contributed by atoms with van der Waals surface area (Å²) >= 11 is 0. The van der Waals surface area contributed by atoms with Crippen molar-refractivity contribution in [1.29, 1.82) is 0 Å². The maximum Gasteiger partial charge on any atom is 0.256 e. The number of hydrogen-bond donors (Lipinski definition) is 2. The van der Waals surface area contributed by atoms with E-state index in [0.717, 1.165) is 0 Å². The number of methoxy groups -OCH3 is 2. The number of nitrogens with one attached hydrogen (secondary N) is 1. The SMILES string of the molecule is COc1ccc(S(N)(=O)=O)cc1NC(=O)C(C)(C)OC. The molecule has 0 saturated heterocycles. The molecule has 0 spiro atoms. The van der Waals surface area contributed by atoms with Gasteiger partial charge in [0.05, 0.1) is 17.7 Å². The first kappa shape index (κ1) is 16.4. The van der Waals surface area contributed by atoms with Crippen molar-refractivity contribution in [2.45, 2.75) is 24.3 Å². The highest BCUT2D eigenvalue weighted by Gasteiger charge is 2.28. The van der Waals surface area contributed by atoms with Crippen LogP contribution in [0.5, 0.6) is 5.75 Å². The van der Waals surface area contributed by atoms with Crippen molar-refractivity contribution in [2.75, 3.05) is 19.5 Å². The van der Waals surface area contributed by atoms with Gasteiger partial charge in [-0.25, -0.2) is 13.6 Å². The predicted octanol–water partition coefficient (Wildman–Crippen LogP) is 0.706. The van der Waals surface area contributed by atoms with Crippen LogP contribution < -0.4 is 15.2 Å². The largest absolute Gasteiger partial charge is 0.495 e. The zero-order chi connectivity index (χ0) is 15.6. The summed E-state index contributed by atoms with van der Waals surface area (Å²) < 4.78 is 32.8. The number of rotatable bonds is 5. The number of carbonyl (C=O) groups is 1. The first-order valence-corrected chi connectivity index (χ1v) is 7.24. The van der Waals surface area contributed by atoms with Crippen LogP contribution in [0.1, 0.15) is 13.8 Å². The Bertz CT molecular complexity index is 610. The van der Waals surface area contributed by atoms with Crippen molar-refractivity contribution >= 4 is 21.6 Å². The van der Waals surface area contributed by atoms with Crippen LogP contribution in [0.4, 0.5) is 5.69 Å². The fourth-order valence-corrected chi connectivity index (χ4v) is 1.87. The van der Waals surface area contributed by atoms with E-state index in [0.29, 0.717) is 5.75 Å². The average Bonchev–Trinajstić information content (AvgIpc) is 2.37. The molecule has 0 saturated carbocycles. The number of amides is 1. The molecule has 0 heterocycles. The van der Waals surface area contributed by atoms with Crippen molar-refractivity contribution < 1.29 is 22.7 Å². The molecule has 0 bridgehead atoms. The fourth-order valence-electron chi connectivity index (χ4n) is 1.33. The summed E-state index contributed by atoms with van der Waals surface area (Å²) in [5, 5.41) is 7.61. The van der Waals surface area contributed by atoms with Crippen molar-refractivity contribution in [3.05, 3.63) is 18.2 Å². The third-order valence-electron chi connectivity index (χ3n) is 2.80. The lowest BCUT2D eigenvalue weighted by molar-refractivity contribution is -0.133. The minimum Gasteiger partial charge on any atom is -0.495 e. The van der Waals surface area contributed by atoms with E-state index in [9.17, 15) is 13.2 Å². The first-order chi connectivity index (χ1) is 9.11. The van der Waals surface area contributed by atoms with Crippen LogP contribution in [0.3, 0.4) is 0 Å². The Morgan fingerprint density at radius 2 is 1.90 bits per heavy atom. The van der Waals surface area contributed by atoms with Crippen molar-refractivity contribution in [2.24, 2.45) is 5.14 Å². The van der Waals surface area contributed by atoms with Crippen molar-refractivity contribution in [3.63, 3.8) is 0 Å². The number of primary sulfonamides is 1. The highest BCUT2D eigenvalue weighted by molar-refractivity contribution is 7.89. The molecule has 0 aromatic heterocycles. The van der Waals surface area contributed by atoms with E-state index in [2.05, 4.69) is 5.32 Å². The third-order valence-corrected chi connectivity index (χ3v) is 3.72. The third kappa shape index (κ3) is 3.69. The van der Waals surface area contributed by atoms with Gasteiger partial charge >= 0.3 is 0 Å². The molecule has 1 aromatic rings. The summed E-state index contributed by atoms with van der Waals surface area (Å²) in [6.07, 6.45) is 0. The molecular formula is C12H18N2O5S. The van der Waals surface area contributed by atoms with Crippen LogP contribution in [0, 0.1) is 0 Å². The topological polar surface area (TPSA) is 108 Å². The predicted molar refractivity (Wildman–Crippen MR) is 74.1 cm³/mol. The van der Waals surface area contributed by atoms with Crippen LogP contribution in [-0.4, -0.2) is 34.1 Å². The second kappa shape index (κ2) is 5.78. The number of ether oxygens (including phenoxy) is 2. The number of carbonyl (C=O) groups excluding carboxylic acids is 1. The Morgan fingerprint density at radius 3 is 2.35 bits per heavy atom. The van der Waals surface area contributed by atoms with Gasteiger partial charge in [0.2, 0.25) is 10.0 Å². The quantitative estimate of drug-likeness (QED) is 0.832. The molecule has 1 rings (SSSR count). The van der Waals surface area contributed by atoms with Crippen molar-refractivity contribution in [1.82, 2.24) is 0 Å². The van der Waals surface area contributed by atoms with Gasteiger partial charge in [-0.2, -0.15) is 0 Å². The molecule has 1 aromatic carbocycles. The smallest absolute Gasteiger partial charge is 0.256 e. The average molecular weight is 302 g/mol. The Kier molecular flexibility index (Phi) is 4.74. The maximum atomic E-state index is 12.0. The molecule has 3 N–H and O–H groups in total. The Hall–Kier alpha value is -1.64. The molecule has 0 aliphatic rings. The number of anilines is 1. The summed E-state index contributed by atoms with van der Waals surface area (Å²) in [6, 6.07) is 3.94. The lowest BCUT2D eigenvalue weighted by Gasteiger charge is -2.22.